The van der Waals surface area contributed by atoms with Crippen molar-refractivity contribution in [1.29, 1.82) is 0 Å². The smallest absolute Gasteiger partial charge is 0.143 e. The first kappa shape index (κ1) is 24.5. The van der Waals surface area contributed by atoms with E-state index in [-0.39, 0.29) is 0 Å². The molecule has 0 bridgehead atoms. The van der Waals surface area contributed by atoms with Crippen molar-refractivity contribution in [3.63, 3.8) is 0 Å². The molecule has 42 heavy (non-hydrogen) atoms. The van der Waals surface area contributed by atoms with E-state index in [2.05, 4.69) is 127 Å². The maximum Gasteiger partial charge on any atom is 0.143 e. The summed E-state index contributed by atoms with van der Waals surface area (Å²) < 4.78 is 3.54. The van der Waals surface area contributed by atoms with E-state index in [9.17, 15) is 0 Å². The van der Waals surface area contributed by atoms with Gasteiger partial charge < -0.3 is 4.57 Å². The summed E-state index contributed by atoms with van der Waals surface area (Å²) in [5, 5.41) is 3.65. The number of hydrogen-bond donors (Lipinski definition) is 0. The Labute approximate surface area is 247 Å². The number of thiophene rings is 1. The van der Waals surface area contributed by atoms with Crippen molar-refractivity contribution in [1.82, 2.24) is 14.5 Å². The molecular formula is C38H25N3S. The first-order valence-corrected chi connectivity index (χ1v) is 14.7. The van der Waals surface area contributed by atoms with Crippen molar-refractivity contribution in [3.05, 3.63) is 146 Å². The van der Waals surface area contributed by atoms with E-state index in [4.69, 9.17) is 9.97 Å². The van der Waals surface area contributed by atoms with Gasteiger partial charge in [0.15, 0.2) is 0 Å². The Kier molecular flexibility index (Phi) is 5.62. The quantitative estimate of drug-likeness (QED) is 0.198. The van der Waals surface area contributed by atoms with Crippen molar-refractivity contribution >= 4 is 70.2 Å². The van der Waals surface area contributed by atoms with E-state index in [1.54, 1.807) is 17.4 Å². The van der Waals surface area contributed by atoms with E-state index in [1.807, 2.05) is 12.2 Å². The molecule has 8 rings (SSSR count). The standard InChI is InChI=1S/C38H25N3S/c1-3-11-24(4-2)30-22-32-33(40-38-37(39-32)29-14-7-10-17-36(29)42-38)23-31(30)25-18-20-26(21-19-25)41-34-15-8-5-12-27(34)28-13-6-9-16-35(28)41/h3-23H,1-2H2/b24-11+. The van der Waals surface area contributed by atoms with Crippen molar-refractivity contribution < 1.29 is 0 Å². The highest BCUT2D eigenvalue weighted by Crippen LogP contribution is 2.38. The maximum atomic E-state index is 5.10. The predicted octanol–water partition coefficient (Wildman–Crippen LogP) is 10.5. The number of aromatic nitrogens is 3. The second kappa shape index (κ2) is 9.65. The lowest BCUT2D eigenvalue weighted by Gasteiger charge is -2.14. The van der Waals surface area contributed by atoms with Gasteiger partial charge in [-0.15, -0.1) is 11.3 Å². The topological polar surface area (TPSA) is 30.7 Å². The van der Waals surface area contributed by atoms with Crippen LogP contribution in [0.3, 0.4) is 0 Å². The van der Waals surface area contributed by atoms with Gasteiger partial charge in [0.25, 0.3) is 0 Å². The minimum atomic E-state index is 0.864. The van der Waals surface area contributed by atoms with Crippen molar-refractivity contribution in [3.8, 4) is 16.8 Å². The van der Waals surface area contributed by atoms with Crippen molar-refractivity contribution in [2.75, 3.05) is 0 Å². The van der Waals surface area contributed by atoms with Gasteiger partial charge in [-0.05, 0) is 64.7 Å². The molecule has 0 saturated heterocycles. The fraction of sp³-hybridized carbons (Fsp3) is 0. The fourth-order valence-corrected chi connectivity index (χ4v) is 7.08. The minimum Gasteiger partial charge on any atom is -0.309 e. The van der Waals surface area contributed by atoms with Gasteiger partial charge in [-0.2, -0.15) is 0 Å². The molecule has 0 amide bonds. The Morgan fingerprint density at radius 1 is 0.690 bits per heavy atom. The highest BCUT2D eigenvalue weighted by molar-refractivity contribution is 7.25. The zero-order valence-corrected chi connectivity index (χ0v) is 23.6. The van der Waals surface area contributed by atoms with E-state index in [1.165, 1.54) is 26.5 Å². The maximum absolute atomic E-state index is 5.10. The van der Waals surface area contributed by atoms with Crippen LogP contribution < -0.4 is 0 Å². The zero-order chi connectivity index (χ0) is 28.2. The summed E-state index contributed by atoms with van der Waals surface area (Å²) in [5.74, 6) is 0. The van der Waals surface area contributed by atoms with Gasteiger partial charge in [0, 0.05) is 26.5 Å². The summed E-state index contributed by atoms with van der Waals surface area (Å²) in [5.41, 5.74) is 10.4. The molecule has 0 spiro atoms. The Morgan fingerprint density at radius 3 is 2.02 bits per heavy atom. The number of para-hydroxylation sites is 2. The van der Waals surface area contributed by atoms with Gasteiger partial charge in [-0.3, -0.25) is 0 Å². The molecule has 0 radical (unpaired) electrons. The minimum absolute atomic E-state index is 0.864. The summed E-state index contributed by atoms with van der Waals surface area (Å²) in [6, 6.07) is 38.7. The monoisotopic (exact) mass is 555 g/mol. The first-order valence-electron chi connectivity index (χ1n) is 13.9. The predicted molar refractivity (Wildman–Crippen MR) is 181 cm³/mol. The third kappa shape index (κ3) is 3.73. The summed E-state index contributed by atoms with van der Waals surface area (Å²) in [6.45, 7) is 8.05. The molecule has 0 N–H and O–H groups in total. The third-order valence-electron chi connectivity index (χ3n) is 7.97. The number of hydrogen-bond acceptors (Lipinski definition) is 3. The molecule has 0 unspecified atom stereocenters. The lowest BCUT2D eigenvalue weighted by molar-refractivity contribution is 1.18. The average molecular weight is 556 g/mol. The van der Waals surface area contributed by atoms with Gasteiger partial charge in [0.2, 0.25) is 0 Å². The number of rotatable bonds is 5. The molecular weight excluding hydrogens is 531 g/mol. The number of allylic oxidation sites excluding steroid dienone is 4. The molecule has 3 heterocycles. The molecule has 0 saturated carbocycles. The summed E-state index contributed by atoms with van der Waals surface area (Å²) in [6.07, 6.45) is 5.68. The van der Waals surface area contributed by atoms with Crippen LogP contribution in [0.15, 0.2) is 141 Å². The van der Waals surface area contributed by atoms with Crippen molar-refractivity contribution in [2.24, 2.45) is 0 Å². The SMILES string of the molecule is C=C/C=C(\C=C)c1cc2nc3c(nc2cc1-c1ccc(-n2c4ccccc4c4ccccc42)cc1)sc1ccccc13. The number of fused-ring (bicyclic) bond motifs is 7. The van der Waals surface area contributed by atoms with Crippen molar-refractivity contribution in [2.45, 2.75) is 0 Å². The van der Waals surface area contributed by atoms with Gasteiger partial charge in [-0.25, -0.2) is 9.97 Å². The third-order valence-corrected chi connectivity index (χ3v) is 9.02. The van der Waals surface area contributed by atoms with Crippen LogP contribution in [0.1, 0.15) is 5.56 Å². The van der Waals surface area contributed by atoms with Gasteiger partial charge in [0.05, 0.1) is 22.1 Å². The highest BCUT2D eigenvalue weighted by atomic mass is 32.1. The van der Waals surface area contributed by atoms with Crippen LogP contribution in [-0.2, 0) is 0 Å². The second-order valence-electron chi connectivity index (χ2n) is 10.3. The fourth-order valence-electron chi connectivity index (χ4n) is 6.05. The van der Waals surface area contributed by atoms with Crippen LogP contribution >= 0.6 is 11.3 Å². The van der Waals surface area contributed by atoms with Crippen LogP contribution in [0.5, 0.6) is 0 Å². The molecule has 3 nitrogen and oxygen atoms in total. The Hall–Kier alpha value is -5.32. The van der Waals surface area contributed by atoms with Crippen LogP contribution in [0, 0.1) is 0 Å². The van der Waals surface area contributed by atoms with E-state index in [0.29, 0.717) is 0 Å². The summed E-state index contributed by atoms with van der Waals surface area (Å²) in [4.78, 5) is 11.1. The average Bonchev–Trinajstić information content (AvgIpc) is 3.57. The van der Waals surface area contributed by atoms with E-state index >= 15 is 0 Å². The molecule has 5 aromatic carbocycles. The van der Waals surface area contributed by atoms with Gasteiger partial charge in [-0.1, -0.05) is 98.1 Å². The van der Waals surface area contributed by atoms with Crippen LogP contribution in [0.25, 0.3) is 75.7 Å². The Balaban J connectivity index is 1.33. The zero-order valence-electron chi connectivity index (χ0n) is 22.8. The number of benzene rings is 5. The largest absolute Gasteiger partial charge is 0.309 e. The van der Waals surface area contributed by atoms with Crippen LogP contribution in [-0.4, -0.2) is 14.5 Å². The van der Waals surface area contributed by atoms with E-state index in [0.717, 1.165) is 54.7 Å². The summed E-state index contributed by atoms with van der Waals surface area (Å²) >= 11 is 1.69. The van der Waals surface area contributed by atoms with Crippen LogP contribution in [0.2, 0.25) is 0 Å². The molecule has 0 aliphatic rings. The highest BCUT2D eigenvalue weighted by Gasteiger charge is 2.16. The summed E-state index contributed by atoms with van der Waals surface area (Å²) in [7, 11) is 0. The lowest BCUT2D eigenvalue weighted by atomic mass is 9.93. The lowest BCUT2D eigenvalue weighted by Crippen LogP contribution is -1.95. The van der Waals surface area contributed by atoms with Crippen LogP contribution in [0.4, 0.5) is 0 Å². The van der Waals surface area contributed by atoms with E-state index < -0.39 is 0 Å². The Morgan fingerprint density at radius 2 is 1.33 bits per heavy atom. The molecule has 0 aliphatic heterocycles. The molecule has 198 valence electrons. The molecule has 0 atom stereocenters. The molecule has 4 heteroatoms. The molecule has 8 aromatic rings. The molecule has 0 aliphatic carbocycles. The van der Waals surface area contributed by atoms with Gasteiger partial charge >= 0.3 is 0 Å². The normalized spacial score (nSPS) is 12.1. The second-order valence-corrected chi connectivity index (χ2v) is 11.4. The van der Waals surface area contributed by atoms with Gasteiger partial charge in [0.1, 0.15) is 10.3 Å². The molecule has 0 fully saturated rings. The first-order chi connectivity index (χ1) is 20.7. The Bertz CT molecular complexity index is 2330. The number of nitrogens with zero attached hydrogens (tertiary/aromatic N) is 3. The molecule has 3 aromatic heterocycles.